The zero-order chi connectivity index (χ0) is 12.8. The summed E-state index contributed by atoms with van der Waals surface area (Å²) < 4.78 is 0. The molecule has 18 heavy (non-hydrogen) atoms. The Hall–Kier alpha value is -1.26. The van der Waals surface area contributed by atoms with E-state index in [2.05, 4.69) is 15.2 Å². The zero-order valence-electron chi connectivity index (χ0n) is 10.9. The van der Waals surface area contributed by atoms with Crippen LogP contribution in [0.15, 0.2) is 24.4 Å². The van der Waals surface area contributed by atoms with Crippen LogP contribution in [0.4, 0.5) is 0 Å². The number of carbonyl (C=O) groups is 1. The lowest BCUT2D eigenvalue weighted by atomic mass is 10.0. The third-order valence-corrected chi connectivity index (χ3v) is 3.31. The van der Waals surface area contributed by atoms with Crippen molar-refractivity contribution in [3.63, 3.8) is 0 Å². The van der Waals surface area contributed by atoms with Crippen LogP contribution in [-0.4, -0.2) is 48.4 Å². The van der Waals surface area contributed by atoms with Gasteiger partial charge in [0, 0.05) is 18.8 Å². The summed E-state index contributed by atoms with van der Waals surface area (Å²) in [6.45, 7) is 2.47. The average Bonchev–Trinajstić information content (AvgIpc) is 2.40. The van der Waals surface area contributed by atoms with Crippen molar-refractivity contribution < 1.29 is 4.79 Å². The van der Waals surface area contributed by atoms with E-state index in [1.54, 1.807) is 12.3 Å². The molecule has 1 fully saturated rings. The van der Waals surface area contributed by atoms with Crippen LogP contribution < -0.4 is 5.32 Å². The van der Waals surface area contributed by atoms with Crippen LogP contribution in [0.3, 0.4) is 0 Å². The molecule has 0 aromatic carbocycles. The van der Waals surface area contributed by atoms with E-state index in [0.717, 1.165) is 13.1 Å². The number of Topliss-reactive ketones (excluding diaryl/α,β-unsaturated/α-hetero) is 1. The molecule has 0 unspecified atom stereocenters. The largest absolute Gasteiger partial charge is 0.313 e. The number of hydrogen-bond acceptors (Lipinski definition) is 4. The molecule has 1 N–H and O–H groups in total. The maximum Gasteiger partial charge on any atom is 0.195 e. The van der Waals surface area contributed by atoms with Crippen molar-refractivity contribution in [3.8, 4) is 0 Å². The highest BCUT2D eigenvalue weighted by Crippen LogP contribution is 2.08. The zero-order valence-corrected chi connectivity index (χ0v) is 10.9. The molecule has 1 aromatic rings. The van der Waals surface area contributed by atoms with Gasteiger partial charge in [-0.05, 0) is 38.6 Å². The molecular weight excluding hydrogens is 226 g/mol. The molecule has 2 rings (SSSR count). The second-order valence-electron chi connectivity index (χ2n) is 4.98. The Labute approximate surface area is 108 Å². The molecule has 0 radical (unpaired) electrons. The number of carbonyl (C=O) groups excluding carboxylic acids is 1. The van der Waals surface area contributed by atoms with Crippen molar-refractivity contribution in [1.82, 2.24) is 15.2 Å². The van der Waals surface area contributed by atoms with E-state index in [4.69, 9.17) is 0 Å². The SMILES string of the molecule is CN(CC(=O)c1ccccn1)C[C@@H]1CCCCN1. The lowest BCUT2D eigenvalue weighted by Gasteiger charge is -2.27. The van der Waals surface area contributed by atoms with Gasteiger partial charge in [0.05, 0.1) is 6.54 Å². The van der Waals surface area contributed by atoms with Crippen molar-refractivity contribution in [2.75, 3.05) is 26.7 Å². The molecule has 0 saturated carbocycles. The van der Waals surface area contributed by atoms with E-state index >= 15 is 0 Å². The Bertz CT molecular complexity index is 374. The number of rotatable bonds is 5. The number of nitrogens with zero attached hydrogens (tertiary/aromatic N) is 2. The molecule has 2 heterocycles. The third-order valence-electron chi connectivity index (χ3n) is 3.31. The van der Waals surface area contributed by atoms with Crippen LogP contribution in [0.5, 0.6) is 0 Å². The average molecular weight is 247 g/mol. The molecule has 4 heteroatoms. The van der Waals surface area contributed by atoms with Gasteiger partial charge in [0.1, 0.15) is 5.69 Å². The maximum atomic E-state index is 12.0. The topological polar surface area (TPSA) is 45.2 Å². The fraction of sp³-hybridized carbons (Fsp3) is 0.571. The van der Waals surface area contributed by atoms with E-state index in [0.29, 0.717) is 18.3 Å². The number of hydrogen-bond donors (Lipinski definition) is 1. The molecule has 0 spiro atoms. The summed E-state index contributed by atoms with van der Waals surface area (Å²) in [4.78, 5) is 18.1. The van der Waals surface area contributed by atoms with Crippen LogP contribution in [0.2, 0.25) is 0 Å². The highest BCUT2D eigenvalue weighted by Gasteiger charge is 2.16. The summed E-state index contributed by atoms with van der Waals surface area (Å²) in [6, 6.07) is 5.98. The molecule has 1 atom stereocenters. The number of piperidine rings is 1. The summed E-state index contributed by atoms with van der Waals surface area (Å²) in [7, 11) is 2.00. The molecule has 1 aromatic heterocycles. The predicted molar refractivity (Wildman–Crippen MR) is 71.7 cm³/mol. The summed E-state index contributed by atoms with van der Waals surface area (Å²) in [6.07, 6.45) is 5.44. The Morgan fingerprint density at radius 1 is 1.50 bits per heavy atom. The molecule has 98 valence electrons. The number of pyridine rings is 1. The lowest BCUT2D eigenvalue weighted by Crippen LogP contribution is -2.43. The Kier molecular flexibility index (Phi) is 4.84. The maximum absolute atomic E-state index is 12.0. The number of likely N-dealkylation sites (N-methyl/N-ethyl adjacent to an activating group) is 1. The minimum absolute atomic E-state index is 0.0916. The van der Waals surface area contributed by atoms with Crippen molar-refractivity contribution in [1.29, 1.82) is 0 Å². The molecule has 1 aliphatic rings. The Morgan fingerprint density at radius 3 is 3.06 bits per heavy atom. The van der Waals surface area contributed by atoms with E-state index in [1.807, 2.05) is 19.2 Å². The van der Waals surface area contributed by atoms with E-state index in [1.165, 1.54) is 19.3 Å². The molecule has 4 nitrogen and oxygen atoms in total. The number of nitrogens with one attached hydrogen (secondary N) is 1. The normalized spacial score (nSPS) is 20.0. The van der Waals surface area contributed by atoms with Crippen LogP contribution >= 0.6 is 0 Å². The lowest BCUT2D eigenvalue weighted by molar-refractivity contribution is 0.0934. The summed E-state index contributed by atoms with van der Waals surface area (Å²) in [5.74, 6) is 0.0916. The number of ketones is 1. The van der Waals surface area contributed by atoms with Gasteiger partial charge in [-0.1, -0.05) is 12.5 Å². The number of aromatic nitrogens is 1. The first kappa shape index (κ1) is 13.2. The van der Waals surface area contributed by atoms with Crippen LogP contribution in [0.1, 0.15) is 29.8 Å². The second kappa shape index (κ2) is 6.61. The Morgan fingerprint density at radius 2 is 2.39 bits per heavy atom. The van der Waals surface area contributed by atoms with Crippen molar-refractivity contribution in [2.45, 2.75) is 25.3 Å². The Balaban J connectivity index is 1.80. The highest BCUT2D eigenvalue weighted by atomic mass is 16.1. The van der Waals surface area contributed by atoms with Gasteiger partial charge in [-0.15, -0.1) is 0 Å². The summed E-state index contributed by atoms with van der Waals surface area (Å²) in [5.41, 5.74) is 0.556. The molecule has 1 saturated heterocycles. The fourth-order valence-corrected chi connectivity index (χ4v) is 2.37. The van der Waals surface area contributed by atoms with Gasteiger partial charge in [-0.2, -0.15) is 0 Å². The summed E-state index contributed by atoms with van der Waals surface area (Å²) >= 11 is 0. The molecule has 0 amide bonds. The molecular formula is C14H21N3O. The first-order chi connectivity index (χ1) is 8.75. The van der Waals surface area contributed by atoms with Gasteiger partial charge >= 0.3 is 0 Å². The van der Waals surface area contributed by atoms with Crippen molar-refractivity contribution >= 4 is 5.78 Å². The predicted octanol–water partition coefficient (Wildman–Crippen LogP) is 1.34. The van der Waals surface area contributed by atoms with Gasteiger partial charge in [0.25, 0.3) is 0 Å². The van der Waals surface area contributed by atoms with Gasteiger partial charge < -0.3 is 5.32 Å². The van der Waals surface area contributed by atoms with Gasteiger partial charge in [-0.3, -0.25) is 14.7 Å². The first-order valence-electron chi connectivity index (χ1n) is 6.62. The van der Waals surface area contributed by atoms with Crippen LogP contribution in [0.25, 0.3) is 0 Å². The van der Waals surface area contributed by atoms with Crippen LogP contribution in [0, 0.1) is 0 Å². The van der Waals surface area contributed by atoms with Crippen molar-refractivity contribution in [2.24, 2.45) is 0 Å². The smallest absolute Gasteiger partial charge is 0.195 e. The molecule has 0 bridgehead atoms. The molecule has 1 aliphatic heterocycles. The fourth-order valence-electron chi connectivity index (χ4n) is 2.37. The van der Waals surface area contributed by atoms with E-state index in [-0.39, 0.29) is 5.78 Å². The van der Waals surface area contributed by atoms with Gasteiger partial charge in [-0.25, -0.2) is 0 Å². The van der Waals surface area contributed by atoms with Crippen molar-refractivity contribution in [3.05, 3.63) is 30.1 Å². The van der Waals surface area contributed by atoms with E-state index < -0.39 is 0 Å². The minimum atomic E-state index is 0.0916. The quantitative estimate of drug-likeness (QED) is 0.798. The third kappa shape index (κ3) is 3.89. The minimum Gasteiger partial charge on any atom is -0.313 e. The van der Waals surface area contributed by atoms with E-state index in [9.17, 15) is 4.79 Å². The van der Waals surface area contributed by atoms with Gasteiger partial charge in [0.15, 0.2) is 5.78 Å². The standard InChI is InChI=1S/C14H21N3O/c1-17(10-12-6-2-4-8-15-12)11-14(18)13-7-3-5-9-16-13/h3,5,7,9,12,15H,2,4,6,8,10-11H2,1H3/t12-/m0/s1. The first-order valence-corrected chi connectivity index (χ1v) is 6.62. The highest BCUT2D eigenvalue weighted by molar-refractivity contribution is 5.95. The second-order valence-corrected chi connectivity index (χ2v) is 4.98. The molecule has 0 aliphatic carbocycles. The van der Waals surface area contributed by atoms with Gasteiger partial charge in [0.2, 0.25) is 0 Å². The summed E-state index contributed by atoms with van der Waals surface area (Å²) in [5, 5.41) is 3.49. The monoisotopic (exact) mass is 247 g/mol. The van der Waals surface area contributed by atoms with Crippen LogP contribution in [-0.2, 0) is 0 Å².